The highest BCUT2D eigenvalue weighted by atomic mass is 16.1. The maximum Gasteiger partial charge on any atom is 0.164 e. The monoisotopic (exact) mass is 270 g/mol. The van der Waals surface area contributed by atoms with Crippen LogP contribution >= 0.6 is 0 Å². The van der Waals surface area contributed by atoms with E-state index in [2.05, 4.69) is 25.8 Å². The average Bonchev–Trinajstić information content (AvgIpc) is 2.35. The van der Waals surface area contributed by atoms with Gasteiger partial charge >= 0.3 is 0 Å². The molecule has 1 aromatic carbocycles. The zero-order chi connectivity index (χ0) is 14.8. The highest BCUT2D eigenvalue weighted by Gasteiger charge is 2.19. The van der Waals surface area contributed by atoms with Gasteiger partial charge < -0.3 is 5.73 Å². The number of hydrogen-bond acceptors (Lipinski definition) is 3. The zero-order valence-electron chi connectivity index (χ0n) is 12.4. The van der Waals surface area contributed by atoms with Gasteiger partial charge in [-0.3, -0.25) is 9.78 Å². The third-order valence-corrected chi connectivity index (χ3v) is 3.25. The highest BCUT2D eigenvalue weighted by Crippen LogP contribution is 2.22. The number of aromatic nitrogens is 1. The van der Waals surface area contributed by atoms with Gasteiger partial charge in [-0.25, -0.2) is 0 Å². The van der Waals surface area contributed by atoms with Crippen molar-refractivity contribution in [1.29, 1.82) is 0 Å². The summed E-state index contributed by atoms with van der Waals surface area (Å²) in [6, 6.07) is 9.43. The van der Waals surface area contributed by atoms with Gasteiger partial charge in [0.1, 0.15) is 0 Å². The van der Waals surface area contributed by atoms with Crippen LogP contribution in [-0.4, -0.2) is 16.8 Å². The van der Waals surface area contributed by atoms with Gasteiger partial charge in [0.05, 0.1) is 5.52 Å². The Hall–Kier alpha value is -1.74. The summed E-state index contributed by atoms with van der Waals surface area (Å²) in [6.07, 6.45) is 2.96. The number of pyridine rings is 1. The molecule has 0 aliphatic rings. The van der Waals surface area contributed by atoms with Crippen molar-refractivity contribution in [3.63, 3.8) is 0 Å². The van der Waals surface area contributed by atoms with Crippen LogP contribution in [0.15, 0.2) is 36.5 Å². The van der Waals surface area contributed by atoms with Gasteiger partial charge in [0.25, 0.3) is 0 Å². The standard InChI is InChI=1S/C17H22N2O/c1-17(2,3)11-14(18)10-16(20)13-7-6-12-5-4-8-19-15(12)9-13/h4-9,14H,10-11,18H2,1-3H3. The van der Waals surface area contributed by atoms with Crippen molar-refractivity contribution in [2.75, 3.05) is 0 Å². The van der Waals surface area contributed by atoms with Crippen LogP contribution in [0.2, 0.25) is 0 Å². The summed E-state index contributed by atoms with van der Waals surface area (Å²) in [5.74, 6) is 0.0919. The fourth-order valence-corrected chi connectivity index (χ4v) is 2.45. The first-order valence-electron chi connectivity index (χ1n) is 6.99. The second-order valence-electron chi connectivity index (χ2n) is 6.56. The summed E-state index contributed by atoms with van der Waals surface area (Å²) < 4.78 is 0. The molecule has 0 bridgehead atoms. The molecule has 0 spiro atoms. The molecule has 0 saturated carbocycles. The van der Waals surface area contributed by atoms with E-state index in [9.17, 15) is 4.79 Å². The maximum atomic E-state index is 12.3. The van der Waals surface area contributed by atoms with E-state index < -0.39 is 0 Å². The van der Waals surface area contributed by atoms with E-state index in [-0.39, 0.29) is 17.2 Å². The van der Waals surface area contributed by atoms with Crippen LogP contribution < -0.4 is 5.73 Å². The molecule has 1 atom stereocenters. The molecule has 2 N–H and O–H groups in total. The molecule has 1 aromatic heterocycles. The van der Waals surface area contributed by atoms with Gasteiger partial charge in [0, 0.05) is 29.6 Å². The molecule has 3 nitrogen and oxygen atoms in total. The Kier molecular flexibility index (Phi) is 4.19. The minimum atomic E-state index is -0.0954. The van der Waals surface area contributed by atoms with E-state index in [0.29, 0.717) is 12.0 Å². The number of hydrogen-bond donors (Lipinski definition) is 1. The molecule has 106 valence electrons. The molecule has 20 heavy (non-hydrogen) atoms. The smallest absolute Gasteiger partial charge is 0.164 e. The molecule has 0 radical (unpaired) electrons. The third-order valence-electron chi connectivity index (χ3n) is 3.25. The molecular weight excluding hydrogens is 248 g/mol. The number of fused-ring (bicyclic) bond motifs is 1. The lowest BCUT2D eigenvalue weighted by molar-refractivity contribution is 0.0968. The predicted octanol–water partition coefficient (Wildman–Crippen LogP) is 3.57. The Morgan fingerprint density at radius 1 is 1.30 bits per heavy atom. The SMILES string of the molecule is CC(C)(C)CC(N)CC(=O)c1ccc2cccnc2c1. The van der Waals surface area contributed by atoms with Crippen molar-refractivity contribution in [3.05, 3.63) is 42.1 Å². The number of ketones is 1. The van der Waals surface area contributed by atoms with Crippen LogP contribution in [0, 0.1) is 5.41 Å². The quantitative estimate of drug-likeness (QED) is 0.864. The fourth-order valence-electron chi connectivity index (χ4n) is 2.45. The lowest BCUT2D eigenvalue weighted by Crippen LogP contribution is -2.29. The summed E-state index contributed by atoms with van der Waals surface area (Å²) >= 11 is 0. The maximum absolute atomic E-state index is 12.3. The van der Waals surface area contributed by atoms with E-state index >= 15 is 0 Å². The van der Waals surface area contributed by atoms with Crippen molar-refractivity contribution in [3.8, 4) is 0 Å². The van der Waals surface area contributed by atoms with E-state index in [4.69, 9.17) is 5.73 Å². The fraction of sp³-hybridized carbons (Fsp3) is 0.412. The molecule has 2 aromatic rings. The highest BCUT2D eigenvalue weighted by molar-refractivity contribution is 5.99. The van der Waals surface area contributed by atoms with Crippen LogP contribution in [-0.2, 0) is 0 Å². The topological polar surface area (TPSA) is 56.0 Å². The van der Waals surface area contributed by atoms with E-state index in [1.807, 2.05) is 30.3 Å². The Morgan fingerprint density at radius 3 is 2.75 bits per heavy atom. The number of nitrogens with zero attached hydrogens (tertiary/aromatic N) is 1. The first-order chi connectivity index (χ1) is 9.35. The molecule has 0 fully saturated rings. The van der Waals surface area contributed by atoms with Gasteiger partial charge in [-0.2, -0.15) is 0 Å². The van der Waals surface area contributed by atoms with Gasteiger partial charge in [0.15, 0.2) is 5.78 Å². The van der Waals surface area contributed by atoms with E-state index in [0.717, 1.165) is 17.3 Å². The Balaban J connectivity index is 2.11. The van der Waals surface area contributed by atoms with Crippen LogP contribution in [0.3, 0.4) is 0 Å². The first-order valence-corrected chi connectivity index (χ1v) is 6.99. The number of carbonyl (C=O) groups excluding carboxylic acids is 1. The number of rotatable bonds is 4. The van der Waals surface area contributed by atoms with Gasteiger partial charge in [-0.05, 0) is 24.0 Å². The van der Waals surface area contributed by atoms with E-state index in [1.54, 1.807) is 6.20 Å². The summed E-state index contributed by atoms with van der Waals surface area (Å²) in [5.41, 5.74) is 7.76. The van der Waals surface area contributed by atoms with Crippen molar-refractivity contribution >= 4 is 16.7 Å². The number of carbonyl (C=O) groups is 1. The molecule has 0 aliphatic heterocycles. The average molecular weight is 270 g/mol. The molecule has 1 heterocycles. The molecule has 1 unspecified atom stereocenters. The van der Waals surface area contributed by atoms with Crippen molar-refractivity contribution in [1.82, 2.24) is 4.98 Å². The number of Topliss-reactive ketones (excluding diaryl/α,β-unsaturated/α-hetero) is 1. The zero-order valence-corrected chi connectivity index (χ0v) is 12.4. The second-order valence-corrected chi connectivity index (χ2v) is 6.56. The molecular formula is C17H22N2O. The van der Waals surface area contributed by atoms with Crippen LogP contribution in [0.25, 0.3) is 10.9 Å². The van der Waals surface area contributed by atoms with Crippen molar-refractivity contribution in [2.24, 2.45) is 11.1 Å². The summed E-state index contributed by atoms with van der Waals surface area (Å²) in [7, 11) is 0. The van der Waals surface area contributed by atoms with E-state index in [1.165, 1.54) is 0 Å². The van der Waals surface area contributed by atoms with Crippen LogP contribution in [0.5, 0.6) is 0 Å². The van der Waals surface area contributed by atoms with Crippen molar-refractivity contribution < 1.29 is 4.79 Å². The van der Waals surface area contributed by atoms with Crippen LogP contribution in [0.1, 0.15) is 44.0 Å². The minimum absolute atomic E-state index is 0.0919. The predicted molar refractivity (Wildman–Crippen MR) is 82.7 cm³/mol. The molecule has 3 heteroatoms. The largest absolute Gasteiger partial charge is 0.327 e. The molecule has 0 aliphatic carbocycles. The molecule has 0 saturated heterocycles. The summed E-state index contributed by atoms with van der Waals surface area (Å²) in [6.45, 7) is 6.41. The Labute approximate surface area is 120 Å². The van der Waals surface area contributed by atoms with Gasteiger partial charge in [-0.15, -0.1) is 0 Å². The summed E-state index contributed by atoms with van der Waals surface area (Å²) in [4.78, 5) is 16.6. The second kappa shape index (κ2) is 5.71. The van der Waals surface area contributed by atoms with Crippen LogP contribution in [0.4, 0.5) is 0 Å². The minimum Gasteiger partial charge on any atom is -0.327 e. The summed E-state index contributed by atoms with van der Waals surface area (Å²) in [5, 5.41) is 1.04. The lowest BCUT2D eigenvalue weighted by atomic mass is 9.86. The van der Waals surface area contributed by atoms with Gasteiger partial charge in [0.2, 0.25) is 0 Å². The normalized spacial score (nSPS) is 13.4. The van der Waals surface area contributed by atoms with Gasteiger partial charge in [-0.1, -0.05) is 39.0 Å². The molecule has 0 amide bonds. The first kappa shape index (κ1) is 14.7. The molecule has 2 rings (SSSR count). The Morgan fingerprint density at radius 2 is 2.05 bits per heavy atom. The lowest BCUT2D eigenvalue weighted by Gasteiger charge is -2.22. The third kappa shape index (κ3) is 3.87. The van der Waals surface area contributed by atoms with Crippen molar-refractivity contribution in [2.45, 2.75) is 39.7 Å². The Bertz CT molecular complexity index is 614. The number of benzene rings is 1. The number of nitrogens with two attached hydrogens (primary N) is 1.